The molecular formula is C12H15F3N2S2. The Kier molecular flexibility index (Phi) is 5.49. The summed E-state index contributed by atoms with van der Waals surface area (Å²) in [6, 6.07) is 4.53. The molecule has 0 spiro atoms. The van der Waals surface area contributed by atoms with E-state index in [-0.39, 0.29) is 4.99 Å². The largest absolute Gasteiger partial charge is 0.391 e. The molecule has 0 aliphatic heterocycles. The summed E-state index contributed by atoms with van der Waals surface area (Å²) in [4.78, 5) is 1.02. The normalized spacial score (nSPS) is 13.1. The molecule has 1 unspecified atom stereocenters. The SMILES string of the molecule is CSc1cccc(NC(C)CC(F)(F)F)c1C(N)=S. The van der Waals surface area contributed by atoms with Gasteiger partial charge in [-0.25, -0.2) is 0 Å². The van der Waals surface area contributed by atoms with Crippen LogP contribution < -0.4 is 11.1 Å². The molecule has 0 bridgehead atoms. The van der Waals surface area contributed by atoms with E-state index < -0.39 is 18.6 Å². The van der Waals surface area contributed by atoms with E-state index in [9.17, 15) is 13.2 Å². The first-order chi connectivity index (χ1) is 8.74. The number of rotatable bonds is 5. The molecule has 1 rings (SSSR count). The number of benzene rings is 1. The smallest absolute Gasteiger partial charge is 0.389 e. The standard InChI is InChI=1S/C12H15F3N2S2/c1-7(6-12(13,14)15)17-8-4-3-5-9(19-2)10(8)11(16)18/h3-5,7,17H,6H2,1-2H3,(H2,16,18). The summed E-state index contributed by atoms with van der Waals surface area (Å²) < 4.78 is 37.0. The van der Waals surface area contributed by atoms with Gasteiger partial charge in [0, 0.05) is 22.2 Å². The second kappa shape index (κ2) is 6.47. The van der Waals surface area contributed by atoms with Gasteiger partial charge in [-0.05, 0) is 25.3 Å². The van der Waals surface area contributed by atoms with E-state index in [1.54, 1.807) is 12.1 Å². The van der Waals surface area contributed by atoms with Gasteiger partial charge >= 0.3 is 6.18 Å². The van der Waals surface area contributed by atoms with Crippen molar-refractivity contribution in [3.63, 3.8) is 0 Å². The summed E-state index contributed by atoms with van der Waals surface area (Å²) in [5.41, 5.74) is 6.78. The van der Waals surface area contributed by atoms with Gasteiger partial charge in [0.15, 0.2) is 0 Å². The predicted molar refractivity (Wildman–Crippen MR) is 77.9 cm³/mol. The average Bonchev–Trinajstić information content (AvgIpc) is 2.25. The molecule has 3 N–H and O–H groups in total. The molecule has 19 heavy (non-hydrogen) atoms. The van der Waals surface area contributed by atoms with Crippen molar-refractivity contribution in [3.05, 3.63) is 23.8 Å². The van der Waals surface area contributed by atoms with Gasteiger partial charge in [0.05, 0.1) is 6.42 Å². The Labute approximate surface area is 119 Å². The molecular weight excluding hydrogens is 293 g/mol. The number of alkyl halides is 3. The number of nitrogens with two attached hydrogens (primary N) is 1. The van der Waals surface area contributed by atoms with E-state index >= 15 is 0 Å². The fourth-order valence-corrected chi connectivity index (χ4v) is 2.66. The minimum Gasteiger partial charge on any atom is -0.389 e. The summed E-state index contributed by atoms with van der Waals surface area (Å²) in [6.07, 6.45) is -3.25. The summed E-state index contributed by atoms with van der Waals surface area (Å²) >= 11 is 6.42. The molecule has 2 nitrogen and oxygen atoms in total. The van der Waals surface area contributed by atoms with Crippen LogP contribution in [0.3, 0.4) is 0 Å². The summed E-state index contributed by atoms with van der Waals surface area (Å²) in [7, 11) is 0. The molecule has 0 heterocycles. The molecule has 0 aliphatic rings. The van der Waals surface area contributed by atoms with E-state index in [0.717, 1.165) is 4.90 Å². The molecule has 0 fully saturated rings. The lowest BCUT2D eigenvalue weighted by atomic mass is 10.1. The van der Waals surface area contributed by atoms with Crippen LogP contribution in [0.15, 0.2) is 23.1 Å². The first-order valence-electron chi connectivity index (χ1n) is 5.54. The summed E-state index contributed by atoms with van der Waals surface area (Å²) in [6.45, 7) is 1.47. The Morgan fingerprint density at radius 2 is 2.11 bits per heavy atom. The first-order valence-corrected chi connectivity index (χ1v) is 7.18. The predicted octanol–water partition coefficient (Wildman–Crippen LogP) is 3.80. The molecule has 0 saturated carbocycles. The van der Waals surface area contributed by atoms with E-state index in [0.29, 0.717) is 11.3 Å². The van der Waals surface area contributed by atoms with Crippen molar-refractivity contribution in [1.29, 1.82) is 0 Å². The van der Waals surface area contributed by atoms with Crippen LogP contribution in [0.5, 0.6) is 0 Å². The van der Waals surface area contributed by atoms with Crippen molar-refractivity contribution in [2.45, 2.75) is 30.5 Å². The van der Waals surface area contributed by atoms with E-state index in [2.05, 4.69) is 5.32 Å². The van der Waals surface area contributed by atoms with Gasteiger partial charge in [-0.1, -0.05) is 18.3 Å². The summed E-state index contributed by atoms with van der Waals surface area (Å²) in [5.74, 6) is 0. The van der Waals surface area contributed by atoms with E-state index in [4.69, 9.17) is 18.0 Å². The monoisotopic (exact) mass is 308 g/mol. The quantitative estimate of drug-likeness (QED) is 0.641. The average molecular weight is 308 g/mol. The molecule has 7 heteroatoms. The number of halogens is 3. The Balaban J connectivity index is 2.98. The Hall–Kier alpha value is -0.950. The zero-order valence-corrected chi connectivity index (χ0v) is 12.2. The topological polar surface area (TPSA) is 38.0 Å². The van der Waals surface area contributed by atoms with Gasteiger partial charge in [0.25, 0.3) is 0 Å². The van der Waals surface area contributed by atoms with Gasteiger partial charge in [-0.3, -0.25) is 0 Å². The molecule has 1 aromatic rings. The maximum atomic E-state index is 12.3. The van der Waals surface area contributed by atoms with Crippen LogP contribution in [0.1, 0.15) is 18.9 Å². The molecule has 0 saturated heterocycles. The zero-order valence-electron chi connectivity index (χ0n) is 10.5. The van der Waals surface area contributed by atoms with Gasteiger partial charge in [0.1, 0.15) is 4.99 Å². The summed E-state index contributed by atoms with van der Waals surface area (Å²) in [5, 5.41) is 2.82. The lowest BCUT2D eigenvalue weighted by molar-refractivity contribution is -0.136. The van der Waals surface area contributed by atoms with Crippen LogP contribution in [-0.4, -0.2) is 23.5 Å². The highest BCUT2D eigenvalue weighted by Gasteiger charge is 2.30. The van der Waals surface area contributed by atoms with Crippen LogP contribution in [0.25, 0.3) is 0 Å². The third-order valence-corrected chi connectivity index (χ3v) is 3.42. The third kappa shape index (κ3) is 4.91. The Bertz CT molecular complexity index is 461. The van der Waals surface area contributed by atoms with Gasteiger partial charge in [-0.2, -0.15) is 13.2 Å². The fourth-order valence-electron chi connectivity index (χ4n) is 1.74. The highest BCUT2D eigenvalue weighted by atomic mass is 32.2. The Morgan fingerprint density at radius 3 is 2.58 bits per heavy atom. The van der Waals surface area contributed by atoms with E-state index in [1.807, 2.05) is 12.3 Å². The van der Waals surface area contributed by atoms with E-state index in [1.165, 1.54) is 18.7 Å². The minimum atomic E-state index is -4.20. The second-order valence-corrected chi connectivity index (χ2v) is 5.40. The van der Waals surface area contributed by atoms with Gasteiger partial charge in [-0.15, -0.1) is 11.8 Å². The van der Waals surface area contributed by atoms with Crippen molar-refractivity contribution < 1.29 is 13.2 Å². The third-order valence-electron chi connectivity index (χ3n) is 2.43. The molecule has 0 aliphatic carbocycles. The van der Waals surface area contributed by atoms with Crippen molar-refractivity contribution in [2.24, 2.45) is 5.73 Å². The van der Waals surface area contributed by atoms with Crippen LogP contribution in [0.2, 0.25) is 0 Å². The highest BCUT2D eigenvalue weighted by molar-refractivity contribution is 7.98. The molecule has 1 atom stereocenters. The van der Waals surface area contributed by atoms with Gasteiger partial charge in [0.2, 0.25) is 0 Å². The number of hydrogen-bond donors (Lipinski definition) is 2. The maximum Gasteiger partial charge on any atom is 0.391 e. The molecule has 0 amide bonds. The van der Waals surface area contributed by atoms with Crippen molar-refractivity contribution in [2.75, 3.05) is 11.6 Å². The molecule has 106 valence electrons. The number of hydrogen-bond acceptors (Lipinski definition) is 3. The number of nitrogens with one attached hydrogen (secondary N) is 1. The van der Waals surface area contributed by atoms with Crippen LogP contribution in [0, 0.1) is 0 Å². The zero-order chi connectivity index (χ0) is 14.6. The van der Waals surface area contributed by atoms with Gasteiger partial charge < -0.3 is 11.1 Å². The number of anilines is 1. The molecule has 0 radical (unpaired) electrons. The molecule has 1 aromatic carbocycles. The van der Waals surface area contributed by atoms with Crippen LogP contribution in [-0.2, 0) is 0 Å². The number of thiocarbonyl (C=S) groups is 1. The minimum absolute atomic E-state index is 0.173. The maximum absolute atomic E-state index is 12.3. The molecule has 0 aromatic heterocycles. The first kappa shape index (κ1) is 16.1. The second-order valence-electron chi connectivity index (χ2n) is 4.11. The fraction of sp³-hybridized carbons (Fsp3) is 0.417. The van der Waals surface area contributed by atoms with Crippen molar-refractivity contribution in [1.82, 2.24) is 0 Å². The van der Waals surface area contributed by atoms with Crippen molar-refractivity contribution >= 4 is 34.7 Å². The highest BCUT2D eigenvalue weighted by Crippen LogP contribution is 2.29. The Morgan fingerprint density at radius 1 is 1.47 bits per heavy atom. The van der Waals surface area contributed by atoms with Crippen LogP contribution in [0.4, 0.5) is 18.9 Å². The lowest BCUT2D eigenvalue weighted by Gasteiger charge is -2.20. The lowest BCUT2D eigenvalue weighted by Crippen LogP contribution is -2.25. The van der Waals surface area contributed by atoms with Crippen molar-refractivity contribution in [3.8, 4) is 0 Å². The van der Waals surface area contributed by atoms with Crippen LogP contribution >= 0.6 is 24.0 Å². The number of thioether (sulfide) groups is 1.